The average Bonchev–Trinajstić information content (AvgIpc) is 3.02. The zero-order valence-electron chi connectivity index (χ0n) is 25.6. The zero-order valence-corrected chi connectivity index (χ0v) is 27.2. The molecule has 2 fully saturated rings. The van der Waals surface area contributed by atoms with Gasteiger partial charge in [-0.25, -0.2) is 9.80 Å². The van der Waals surface area contributed by atoms with Crippen molar-refractivity contribution in [3.8, 4) is 11.5 Å². The summed E-state index contributed by atoms with van der Waals surface area (Å²) in [4.78, 5) is 80.3. The summed E-state index contributed by atoms with van der Waals surface area (Å²) in [6.45, 7) is 0. The molecule has 0 atom stereocenters. The monoisotopic (exact) mass is 666 g/mol. The molecule has 242 valence electrons. The van der Waals surface area contributed by atoms with Crippen molar-refractivity contribution in [1.29, 1.82) is 0 Å². The molecule has 2 aliphatic heterocycles. The van der Waals surface area contributed by atoms with Gasteiger partial charge >= 0.3 is 0 Å². The topological polar surface area (TPSA) is 134 Å². The summed E-state index contributed by atoms with van der Waals surface area (Å²) in [7, 11) is 3.04. The van der Waals surface area contributed by atoms with Crippen LogP contribution in [0.2, 0.25) is 0 Å². The Morgan fingerprint density at radius 1 is 0.565 bits per heavy atom. The van der Waals surface area contributed by atoms with E-state index in [9.17, 15) is 28.8 Å². The van der Waals surface area contributed by atoms with Crippen LogP contribution >= 0.6 is 24.4 Å². The van der Waals surface area contributed by atoms with Gasteiger partial charge in [0, 0.05) is 12.8 Å². The summed E-state index contributed by atoms with van der Waals surface area (Å²) in [6.07, 6.45) is 3.31. The zero-order chi connectivity index (χ0) is 33.4. The lowest BCUT2D eigenvalue weighted by molar-refractivity contribution is -0.144. The number of methoxy groups -OCH3 is 2. The molecule has 0 N–H and O–H groups in total. The Morgan fingerprint density at radius 2 is 0.891 bits per heavy atom. The Hall–Kier alpha value is -4.56. The number of rotatable bonds is 13. The molecule has 0 aliphatic carbocycles. The first-order valence-corrected chi connectivity index (χ1v) is 15.6. The second kappa shape index (κ2) is 15.6. The summed E-state index contributed by atoms with van der Waals surface area (Å²) >= 11 is 10.7. The van der Waals surface area contributed by atoms with Crippen molar-refractivity contribution in [3.63, 3.8) is 0 Å². The molecule has 2 aromatic rings. The summed E-state index contributed by atoms with van der Waals surface area (Å²) in [5.74, 6) is -2.03. The van der Waals surface area contributed by atoms with Gasteiger partial charge in [0.1, 0.15) is 24.3 Å². The number of amides is 6. The van der Waals surface area contributed by atoms with Crippen LogP contribution in [0.4, 0.5) is 11.4 Å². The maximum Gasteiger partial charge on any atom is 0.245 e. The number of thiocarbonyl (C=S) groups is 2. The number of carbonyl (C=O) groups is 6. The third kappa shape index (κ3) is 7.80. The molecule has 12 nitrogen and oxygen atoms in total. The second-order valence-electron chi connectivity index (χ2n) is 10.6. The van der Waals surface area contributed by atoms with Gasteiger partial charge in [0.2, 0.25) is 35.4 Å². The van der Waals surface area contributed by atoms with Crippen LogP contribution in [0.3, 0.4) is 0 Å². The van der Waals surface area contributed by atoms with Crippen molar-refractivity contribution < 1.29 is 38.2 Å². The van der Waals surface area contributed by atoms with E-state index < -0.39 is 48.3 Å². The Bertz CT molecular complexity index is 1430. The van der Waals surface area contributed by atoms with E-state index in [0.29, 0.717) is 48.6 Å². The Balaban J connectivity index is 1.19. The van der Waals surface area contributed by atoms with Gasteiger partial charge in [-0.15, -0.1) is 0 Å². The number of nitrogens with zero attached hydrogens (tertiary/aromatic N) is 4. The van der Waals surface area contributed by atoms with Gasteiger partial charge in [-0.3, -0.25) is 38.6 Å². The molecule has 0 unspecified atom stereocenters. The second-order valence-corrected chi connectivity index (χ2v) is 11.4. The molecule has 2 heterocycles. The molecule has 0 bridgehead atoms. The molecule has 6 amide bonds. The molecular formula is C32H34N4O8S2. The van der Waals surface area contributed by atoms with E-state index in [1.54, 1.807) is 48.5 Å². The number of ether oxygens (including phenoxy) is 2. The fourth-order valence-electron chi connectivity index (χ4n) is 5.15. The minimum absolute atomic E-state index is 0.0902. The van der Waals surface area contributed by atoms with Crippen molar-refractivity contribution >= 4 is 81.5 Å². The first-order valence-electron chi connectivity index (χ1n) is 14.8. The predicted octanol–water partition coefficient (Wildman–Crippen LogP) is 4.28. The van der Waals surface area contributed by atoms with Gasteiger partial charge in [-0.1, -0.05) is 25.7 Å². The lowest BCUT2D eigenvalue weighted by atomic mass is 10.1. The summed E-state index contributed by atoms with van der Waals surface area (Å²) in [5, 5.41) is -0.325. The molecule has 2 aromatic carbocycles. The maximum absolute atomic E-state index is 12.9. The lowest BCUT2D eigenvalue weighted by Crippen LogP contribution is -2.57. The van der Waals surface area contributed by atoms with E-state index in [1.165, 1.54) is 24.0 Å². The summed E-state index contributed by atoms with van der Waals surface area (Å²) in [6, 6.07) is 13.2. The van der Waals surface area contributed by atoms with E-state index in [2.05, 4.69) is 0 Å². The van der Waals surface area contributed by atoms with Crippen LogP contribution in [0.25, 0.3) is 0 Å². The first kappa shape index (κ1) is 34.3. The Morgan fingerprint density at radius 3 is 1.22 bits per heavy atom. The summed E-state index contributed by atoms with van der Waals surface area (Å²) < 4.78 is 10.3. The third-order valence-corrected chi connectivity index (χ3v) is 8.29. The highest BCUT2D eigenvalue weighted by Crippen LogP contribution is 2.27. The van der Waals surface area contributed by atoms with E-state index in [1.807, 2.05) is 0 Å². The molecule has 0 saturated carbocycles. The number of hydrogen-bond donors (Lipinski definition) is 0. The SMILES string of the molecule is COc1ccc(N2C(=O)CC(=O)N(C(=O)CCCCCCCCC(=O)N3C(=O)CC(=O)N(c4ccc(OC)cc4)C3=S)C2=S)cc1. The predicted molar refractivity (Wildman–Crippen MR) is 176 cm³/mol. The molecule has 0 aromatic heterocycles. The highest BCUT2D eigenvalue weighted by atomic mass is 32.1. The Labute approximate surface area is 277 Å². The van der Waals surface area contributed by atoms with Crippen LogP contribution in [-0.4, -0.2) is 69.7 Å². The molecule has 0 spiro atoms. The van der Waals surface area contributed by atoms with E-state index >= 15 is 0 Å². The normalized spacial score (nSPS) is 15.5. The van der Waals surface area contributed by atoms with E-state index in [-0.39, 0.29) is 23.1 Å². The first-order chi connectivity index (χ1) is 22.1. The smallest absolute Gasteiger partial charge is 0.245 e. The molecule has 4 rings (SSSR count). The molecule has 14 heteroatoms. The fourth-order valence-corrected chi connectivity index (χ4v) is 5.97. The lowest BCUT2D eigenvalue weighted by Gasteiger charge is -2.34. The van der Waals surface area contributed by atoms with Crippen LogP contribution in [0.5, 0.6) is 11.5 Å². The summed E-state index contributed by atoms with van der Waals surface area (Å²) in [5.41, 5.74) is 0.878. The minimum atomic E-state index is -0.641. The molecule has 46 heavy (non-hydrogen) atoms. The number of carbonyl (C=O) groups excluding carboxylic acids is 6. The third-order valence-electron chi connectivity index (χ3n) is 7.56. The molecular weight excluding hydrogens is 633 g/mol. The van der Waals surface area contributed by atoms with Crippen LogP contribution < -0.4 is 19.3 Å². The van der Waals surface area contributed by atoms with Crippen molar-refractivity contribution in [3.05, 3.63) is 48.5 Å². The van der Waals surface area contributed by atoms with Gasteiger partial charge in [0.15, 0.2) is 10.2 Å². The highest BCUT2D eigenvalue weighted by Gasteiger charge is 2.40. The van der Waals surface area contributed by atoms with Gasteiger partial charge in [-0.05, 0) is 85.8 Å². The van der Waals surface area contributed by atoms with Crippen LogP contribution in [-0.2, 0) is 28.8 Å². The number of benzene rings is 2. The highest BCUT2D eigenvalue weighted by molar-refractivity contribution is 7.81. The minimum Gasteiger partial charge on any atom is -0.497 e. The van der Waals surface area contributed by atoms with Crippen LogP contribution in [0.1, 0.15) is 64.2 Å². The standard InChI is InChI=1S/C32H34N4O8S2/c1-43-23-15-11-21(12-16-23)33-27(39)19-29(41)35(31(33)45)25(37)9-7-5-3-4-6-8-10-26(38)36-30(42)20-28(40)34(32(36)46)22-13-17-24(44-2)18-14-22/h11-18H,3-10,19-20H2,1-2H3. The maximum atomic E-state index is 12.9. The van der Waals surface area contributed by atoms with Crippen molar-refractivity contribution in [2.24, 2.45) is 0 Å². The van der Waals surface area contributed by atoms with Crippen LogP contribution in [0, 0.1) is 0 Å². The van der Waals surface area contributed by atoms with Gasteiger partial charge in [0.05, 0.1) is 25.6 Å². The van der Waals surface area contributed by atoms with Gasteiger partial charge < -0.3 is 9.47 Å². The average molecular weight is 667 g/mol. The molecule has 2 aliphatic rings. The number of unbranched alkanes of at least 4 members (excludes halogenated alkanes) is 5. The van der Waals surface area contributed by atoms with Gasteiger partial charge in [0.25, 0.3) is 0 Å². The molecule has 2 saturated heterocycles. The van der Waals surface area contributed by atoms with Crippen molar-refractivity contribution in [2.45, 2.75) is 64.2 Å². The van der Waals surface area contributed by atoms with Gasteiger partial charge in [-0.2, -0.15) is 0 Å². The number of hydrogen-bond acceptors (Lipinski definition) is 10. The van der Waals surface area contributed by atoms with Crippen molar-refractivity contribution in [2.75, 3.05) is 24.0 Å². The number of anilines is 2. The Kier molecular flexibility index (Phi) is 11.7. The quantitative estimate of drug-likeness (QED) is 0.173. The number of imide groups is 2. The van der Waals surface area contributed by atoms with Crippen LogP contribution in [0.15, 0.2) is 48.5 Å². The van der Waals surface area contributed by atoms with Crippen molar-refractivity contribution in [1.82, 2.24) is 9.80 Å². The molecule has 0 radical (unpaired) electrons. The van der Waals surface area contributed by atoms with E-state index in [0.717, 1.165) is 22.6 Å². The largest absolute Gasteiger partial charge is 0.497 e. The fraction of sp³-hybridized carbons (Fsp3) is 0.375. The van der Waals surface area contributed by atoms with E-state index in [4.69, 9.17) is 33.9 Å².